The third kappa shape index (κ3) is 2.90. The molecular formula is C12H16Cl2N2O2. The fraction of sp³-hybridized carbons (Fsp3) is 0.500. The Morgan fingerprint density at radius 2 is 1.94 bits per heavy atom. The zero-order chi connectivity index (χ0) is 13.1. The first kappa shape index (κ1) is 13.9. The van der Waals surface area contributed by atoms with Crippen molar-refractivity contribution in [1.29, 1.82) is 0 Å². The highest BCUT2D eigenvalue weighted by Gasteiger charge is 2.18. The lowest BCUT2D eigenvalue weighted by Gasteiger charge is -2.30. The molecule has 3 N–H and O–H groups in total. The minimum absolute atomic E-state index is 0.160. The van der Waals surface area contributed by atoms with Gasteiger partial charge < -0.3 is 20.5 Å². The molecule has 1 aliphatic rings. The zero-order valence-electron chi connectivity index (χ0n) is 9.90. The quantitative estimate of drug-likeness (QED) is 0.892. The molecule has 0 spiro atoms. The molecule has 1 saturated heterocycles. The number of rotatable bonds is 3. The largest absolute Gasteiger partial charge is 0.394 e. The Balaban J connectivity index is 2.30. The number of ether oxygens (including phenoxy) is 1. The normalized spacial score (nSPS) is 17.9. The standard InChI is InChI=1S/C12H16Cl2N2O2/c13-9-6-12(16-1-3-18-4-2-16)10(14)5-8(9)11(15)7-17/h5-6,11,17H,1-4,7,15H2/t11-/m1/s1. The summed E-state index contributed by atoms with van der Waals surface area (Å²) in [4.78, 5) is 2.13. The van der Waals surface area contributed by atoms with Crippen molar-refractivity contribution in [2.24, 2.45) is 5.73 Å². The van der Waals surface area contributed by atoms with Crippen molar-refractivity contribution in [3.8, 4) is 0 Å². The molecule has 100 valence electrons. The van der Waals surface area contributed by atoms with Crippen LogP contribution in [0, 0.1) is 0 Å². The maximum absolute atomic E-state index is 9.07. The van der Waals surface area contributed by atoms with E-state index in [4.69, 9.17) is 38.8 Å². The number of benzene rings is 1. The highest BCUT2D eigenvalue weighted by atomic mass is 35.5. The highest BCUT2D eigenvalue weighted by molar-refractivity contribution is 6.35. The van der Waals surface area contributed by atoms with Crippen molar-refractivity contribution in [2.45, 2.75) is 6.04 Å². The first-order valence-corrected chi connectivity index (χ1v) is 6.57. The first-order chi connectivity index (χ1) is 8.63. The smallest absolute Gasteiger partial charge is 0.0644 e. The summed E-state index contributed by atoms with van der Waals surface area (Å²) < 4.78 is 5.30. The van der Waals surface area contributed by atoms with Crippen LogP contribution in [0.2, 0.25) is 10.0 Å². The number of aliphatic hydroxyl groups is 1. The topological polar surface area (TPSA) is 58.7 Å². The Morgan fingerprint density at radius 3 is 2.56 bits per heavy atom. The Labute approximate surface area is 116 Å². The monoisotopic (exact) mass is 290 g/mol. The molecule has 0 amide bonds. The third-order valence-corrected chi connectivity index (χ3v) is 3.64. The SMILES string of the molecule is N[C@H](CO)c1cc(Cl)c(N2CCOCC2)cc1Cl. The van der Waals surface area contributed by atoms with Crippen LogP contribution in [0.15, 0.2) is 12.1 Å². The second-order valence-corrected chi connectivity index (χ2v) is 5.03. The average molecular weight is 291 g/mol. The van der Waals surface area contributed by atoms with Crippen molar-refractivity contribution in [3.05, 3.63) is 27.7 Å². The second kappa shape index (κ2) is 6.08. The predicted octanol–water partition coefficient (Wildman–Crippen LogP) is 1.82. The van der Waals surface area contributed by atoms with Crippen LogP contribution >= 0.6 is 23.2 Å². The highest BCUT2D eigenvalue weighted by Crippen LogP contribution is 2.34. The number of morpholine rings is 1. The van der Waals surface area contributed by atoms with E-state index in [0.717, 1.165) is 18.8 Å². The number of nitrogens with two attached hydrogens (primary N) is 1. The molecule has 2 rings (SSSR count). The molecule has 1 atom stereocenters. The van der Waals surface area contributed by atoms with Crippen LogP contribution in [0.25, 0.3) is 0 Å². The van der Waals surface area contributed by atoms with Gasteiger partial charge in [-0.2, -0.15) is 0 Å². The molecular weight excluding hydrogens is 275 g/mol. The minimum atomic E-state index is -0.506. The van der Waals surface area contributed by atoms with E-state index in [0.29, 0.717) is 28.8 Å². The molecule has 1 heterocycles. The van der Waals surface area contributed by atoms with E-state index in [-0.39, 0.29) is 6.61 Å². The summed E-state index contributed by atoms with van der Waals surface area (Å²) in [5.74, 6) is 0. The fourth-order valence-electron chi connectivity index (χ4n) is 1.98. The van der Waals surface area contributed by atoms with E-state index in [1.54, 1.807) is 12.1 Å². The summed E-state index contributed by atoms with van der Waals surface area (Å²) in [6, 6.07) is 3.03. The van der Waals surface area contributed by atoms with Gasteiger partial charge in [0, 0.05) is 18.1 Å². The van der Waals surface area contributed by atoms with Gasteiger partial charge in [0.05, 0.1) is 36.6 Å². The van der Waals surface area contributed by atoms with Crippen molar-refractivity contribution in [3.63, 3.8) is 0 Å². The van der Waals surface area contributed by atoms with Crippen LogP contribution in [0.1, 0.15) is 11.6 Å². The van der Waals surface area contributed by atoms with Gasteiger partial charge in [-0.15, -0.1) is 0 Å². The Hall–Kier alpha value is -0.520. The Kier molecular flexibility index (Phi) is 4.70. The molecule has 0 aliphatic carbocycles. The molecule has 1 aromatic rings. The number of nitrogens with zero attached hydrogens (tertiary/aromatic N) is 1. The number of halogens is 2. The molecule has 4 nitrogen and oxygen atoms in total. The molecule has 1 aromatic carbocycles. The van der Waals surface area contributed by atoms with Gasteiger partial charge in [0.1, 0.15) is 0 Å². The van der Waals surface area contributed by atoms with Crippen molar-refractivity contribution < 1.29 is 9.84 Å². The molecule has 0 saturated carbocycles. The van der Waals surface area contributed by atoms with E-state index in [1.807, 2.05) is 0 Å². The van der Waals surface area contributed by atoms with E-state index in [1.165, 1.54) is 0 Å². The molecule has 0 aromatic heterocycles. The van der Waals surface area contributed by atoms with Gasteiger partial charge in [-0.25, -0.2) is 0 Å². The zero-order valence-corrected chi connectivity index (χ0v) is 11.4. The average Bonchev–Trinajstić information content (AvgIpc) is 2.41. The molecule has 18 heavy (non-hydrogen) atoms. The lowest BCUT2D eigenvalue weighted by molar-refractivity contribution is 0.122. The van der Waals surface area contributed by atoms with Crippen LogP contribution in [0.4, 0.5) is 5.69 Å². The molecule has 1 aliphatic heterocycles. The van der Waals surface area contributed by atoms with Crippen molar-refractivity contribution in [2.75, 3.05) is 37.8 Å². The summed E-state index contributed by atoms with van der Waals surface area (Å²) in [5, 5.41) is 10.2. The van der Waals surface area contributed by atoms with Crippen LogP contribution in [-0.4, -0.2) is 38.0 Å². The van der Waals surface area contributed by atoms with E-state index < -0.39 is 6.04 Å². The summed E-state index contributed by atoms with van der Waals surface area (Å²) in [6.07, 6.45) is 0. The molecule has 0 radical (unpaired) electrons. The summed E-state index contributed by atoms with van der Waals surface area (Å²) in [5.41, 5.74) is 7.32. The first-order valence-electron chi connectivity index (χ1n) is 5.81. The van der Waals surface area contributed by atoms with Crippen molar-refractivity contribution >= 4 is 28.9 Å². The van der Waals surface area contributed by atoms with Gasteiger partial charge in [-0.1, -0.05) is 23.2 Å². The fourth-order valence-corrected chi connectivity index (χ4v) is 2.57. The van der Waals surface area contributed by atoms with E-state index >= 15 is 0 Å². The summed E-state index contributed by atoms with van der Waals surface area (Å²) in [6.45, 7) is 2.80. The summed E-state index contributed by atoms with van der Waals surface area (Å²) >= 11 is 12.4. The van der Waals surface area contributed by atoms with Gasteiger partial charge in [0.25, 0.3) is 0 Å². The van der Waals surface area contributed by atoms with E-state index in [2.05, 4.69) is 4.90 Å². The summed E-state index contributed by atoms with van der Waals surface area (Å²) in [7, 11) is 0. The number of anilines is 1. The van der Waals surface area contributed by atoms with Gasteiger partial charge in [0.15, 0.2) is 0 Å². The lowest BCUT2D eigenvalue weighted by atomic mass is 10.1. The van der Waals surface area contributed by atoms with Crippen LogP contribution in [0.3, 0.4) is 0 Å². The molecule has 0 unspecified atom stereocenters. The molecule has 6 heteroatoms. The maximum Gasteiger partial charge on any atom is 0.0644 e. The Bertz CT molecular complexity index is 423. The predicted molar refractivity (Wildman–Crippen MR) is 73.5 cm³/mol. The third-order valence-electron chi connectivity index (χ3n) is 3.01. The van der Waals surface area contributed by atoms with Crippen LogP contribution < -0.4 is 10.6 Å². The van der Waals surface area contributed by atoms with Crippen molar-refractivity contribution in [1.82, 2.24) is 0 Å². The van der Waals surface area contributed by atoms with Gasteiger partial charge in [-0.3, -0.25) is 0 Å². The minimum Gasteiger partial charge on any atom is -0.394 e. The second-order valence-electron chi connectivity index (χ2n) is 4.21. The number of aliphatic hydroxyl groups excluding tert-OH is 1. The van der Waals surface area contributed by atoms with Crippen LogP contribution in [-0.2, 0) is 4.74 Å². The maximum atomic E-state index is 9.07. The Morgan fingerprint density at radius 1 is 1.28 bits per heavy atom. The van der Waals surface area contributed by atoms with Crippen LogP contribution in [0.5, 0.6) is 0 Å². The van der Waals surface area contributed by atoms with Gasteiger partial charge in [-0.05, 0) is 17.7 Å². The number of hydrogen-bond donors (Lipinski definition) is 2. The molecule has 1 fully saturated rings. The molecule has 0 bridgehead atoms. The lowest BCUT2D eigenvalue weighted by Crippen LogP contribution is -2.36. The number of hydrogen-bond acceptors (Lipinski definition) is 4. The van der Waals surface area contributed by atoms with Gasteiger partial charge in [0.2, 0.25) is 0 Å². The van der Waals surface area contributed by atoms with Gasteiger partial charge >= 0.3 is 0 Å². The van der Waals surface area contributed by atoms with E-state index in [9.17, 15) is 0 Å².